The number of methoxy groups -OCH3 is 1. The van der Waals surface area contributed by atoms with E-state index in [0.717, 1.165) is 5.75 Å². The van der Waals surface area contributed by atoms with Gasteiger partial charge >= 0.3 is 0 Å². The lowest BCUT2D eigenvalue weighted by Gasteiger charge is -2.07. The Labute approximate surface area is 94.0 Å². The molecule has 0 saturated carbocycles. The third-order valence-electron chi connectivity index (χ3n) is 1.71. The van der Waals surface area contributed by atoms with E-state index in [4.69, 9.17) is 16.3 Å². The lowest BCUT2D eigenvalue weighted by Crippen LogP contribution is -1.98. The number of hydrogen-bond acceptors (Lipinski definition) is 3. The highest BCUT2D eigenvalue weighted by molar-refractivity contribution is 7.99. The van der Waals surface area contributed by atoms with E-state index in [0.29, 0.717) is 17.7 Å². The van der Waals surface area contributed by atoms with Crippen LogP contribution >= 0.6 is 23.4 Å². The van der Waals surface area contributed by atoms with E-state index in [2.05, 4.69) is 11.9 Å². The zero-order chi connectivity index (χ0) is 10.4. The van der Waals surface area contributed by atoms with Crippen LogP contribution in [0.2, 0.25) is 0 Å². The Morgan fingerprint density at radius 2 is 2.43 bits per heavy atom. The van der Waals surface area contributed by atoms with E-state index in [1.54, 1.807) is 25.1 Å². The van der Waals surface area contributed by atoms with Crippen LogP contribution in [0.3, 0.4) is 0 Å². The van der Waals surface area contributed by atoms with E-state index < -0.39 is 0 Å². The molecule has 0 aliphatic carbocycles. The highest BCUT2D eigenvalue weighted by Crippen LogP contribution is 2.23. The van der Waals surface area contributed by atoms with Gasteiger partial charge in [-0.25, -0.2) is 4.98 Å². The fourth-order valence-corrected chi connectivity index (χ4v) is 2.05. The minimum Gasteiger partial charge on any atom is -0.481 e. The van der Waals surface area contributed by atoms with Crippen molar-refractivity contribution in [2.75, 3.05) is 18.7 Å². The molecule has 78 valence electrons. The Morgan fingerprint density at radius 1 is 1.64 bits per heavy atom. The third-order valence-corrected chi connectivity index (χ3v) is 3.56. The summed E-state index contributed by atoms with van der Waals surface area (Å²) in [6, 6.07) is 3.92. The normalized spacial score (nSPS) is 12.5. The summed E-state index contributed by atoms with van der Waals surface area (Å²) in [5.41, 5.74) is 0. The molecule has 1 unspecified atom stereocenters. The van der Waals surface area contributed by atoms with Gasteiger partial charge in [-0.1, -0.05) is 6.92 Å². The van der Waals surface area contributed by atoms with Crippen molar-refractivity contribution in [1.82, 2.24) is 4.98 Å². The average molecular weight is 232 g/mol. The number of halogens is 1. The number of hydrogen-bond donors (Lipinski definition) is 0. The number of ether oxygens (including phenoxy) is 1. The number of rotatable bonds is 5. The molecule has 0 fully saturated rings. The first-order chi connectivity index (χ1) is 6.76. The molecule has 4 heteroatoms. The molecule has 0 amide bonds. The van der Waals surface area contributed by atoms with Crippen LogP contribution in [0.15, 0.2) is 23.2 Å². The van der Waals surface area contributed by atoms with Crippen molar-refractivity contribution in [1.29, 1.82) is 0 Å². The zero-order valence-corrected chi connectivity index (χ0v) is 9.94. The van der Waals surface area contributed by atoms with Crippen LogP contribution in [0.25, 0.3) is 0 Å². The fourth-order valence-electron chi connectivity index (χ4n) is 0.876. The average Bonchev–Trinajstić information content (AvgIpc) is 2.26. The summed E-state index contributed by atoms with van der Waals surface area (Å²) in [7, 11) is 1.62. The molecule has 1 atom stereocenters. The van der Waals surface area contributed by atoms with Crippen molar-refractivity contribution in [3.8, 4) is 5.88 Å². The minimum absolute atomic E-state index is 0.529. The van der Waals surface area contributed by atoms with Crippen molar-refractivity contribution >= 4 is 23.4 Å². The molecule has 0 spiro atoms. The maximum atomic E-state index is 5.73. The van der Waals surface area contributed by atoms with Crippen LogP contribution in [0, 0.1) is 5.92 Å². The van der Waals surface area contributed by atoms with Gasteiger partial charge in [0, 0.05) is 28.8 Å². The smallest absolute Gasteiger partial charge is 0.214 e. The lowest BCUT2D eigenvalue weighted by atomic mass is 10.3. The predicted octanol–water partition coefficient (Wildman–Crippen LogP) is 3.06. The van der Waals surface area contributed by atoms with Crippen molar-refractivity contribution in [2.45, 2.75) is 11.8 Å². The van der Waals surface area contributed by atoms with Gasteiger partial charge in [0.05, 0.1) is 7.11 Å². The first kappa shape index (κ1) is 11.7. The molecule has 0 saturated heterocycles. The number of aromatic nitrogens is 1. The van der Waals surface area contributed by atoms with Gasteiger partial charge in [-0.3, -0.25) is 0 Å². The lowest BCUT2D eigenvalue weighted by molar-refractivity contribution is 0.396. The maximum absolute atomic E-state index is 5.73. The molecule has 0 bridgehead atoms. The first-order valence-corrected chi connectivity index (χ1v) is 5.97. The maximum Gasteiger partial charge on any atom is 0.214 e. The molecule has 0 aliphatic rings. The molecule has 1 aromatic heterocycles. The molecule has 0 aliphatic heterocycles. The van der Waals surface area contributed by atoms with Crippen LogP contribution in [0.5, 0.6) is 5.88 Å². The zero-order valence-electron chi connectivity index (χ0n) is 8.37. The summed E-state index contributed by atoms with van der Waals surface area (Å²) < 4.78 is 5.04. The Kier molecular flexibility index (Phi) is 5.12. The molecular formula is C10H14ClNOS. The van der Waals surface area contributed by atoms with Crippen molar-refractivity contribution in [3.63, 3.8) is 0 Å². The third kappa shape index (κ3) is 3.76. The minimum atomic E-state index is 0.529. The monoisotopic (exact) mass is 231 g/mol. The van der Waals surface area contributed by atoms with Gasteiger partial charge in [0.1, 0.15) is 0 Å². The Balaban J connectivity index is 2.50. The molecular weight excluding hydrogens is 218 g/mol. The Hall–Kier alpha value is -0.410. The van der Waals surface area contributed by atoms with Crippen LogP contribution < -0.4 is 4.74 Å². The van der Waals surface area contributed by atoms with Crippen LogP contribution in [0.4, 0.5) is 0 Å². The predicted molar refractivity (Wildman–Crippen MR) is 61.4 cm³/mol. The number of nitrogens with zero attached hydrogens (tertiary/aromatic N) is 1. The summed E-state index contributed by atoms with van der Waals surface area (Å²) in [5, 5.41) is 0. The highest BCUT2D eigenvalue weighted by Gasteiger charge is 2.02. The molecule has 1 rings (SSSR count). The molecule has 1 aromatic rings. The van der Waals surface area contributed by atoms with Crippen molar-refractivity contribution in [2.24, 2.45) is 5.92 Å². The number of thioether (sulfide) groups is 1. The fraction of sp³-hybridized carbons (Fsp3) is 0.500. The van der Waals surface area contributed by atoms with Gasteiger partial charge in [0.2, 0.25) is 5.88 Å². The van der Waals surface area contributed by atoms with Gasteiger partial charge in [0.15, 0.2) is 0 Å². The molecule has 0 radical (unpaired) electrons. The topological polar surface area (TPSA) is 22.1 Å². The number of pyridine rings is 1. The van der Waals surface area contributed by atoms with Crippen molar-refractivity contribution in [3.05, 3.63) is 18.3 Å². The summed E-state index contributed by atoms with van der Waals surface area (Å²) >= 11 is 7.50. The van der Waals surface area contributed by atoms with Gasteiger partial charge in [-0.05, 0) is 12.0 Å². The van der Waals surface area contributed by atoms with E-state index >= 15 is 0 Å². The number of alkyl halides is 1. The molecule has 0 N–H and O–H groups in total. The van der Waals surface area contributed by atoms with E-state index in [1.165, 1.54) is 4.90 Å². The van der Waals surface area contributed by atoms with Crippen LogP contribution in [-0.4, -0.2) is 23.7 Å². The molecule has 14 heavy (non-hydrogen) atoms. The van der Waals surface area contributed by atoms with E-state index in [1.807, 2.05) is 12.1 Å². The van der Waals surface area contributed by atoms with Gasteiger partial charge < -0.3 is 4.74 Å². The van der Waals surface area contributed by atoms with Crippen molar-refractivity contribution < 1.29 is 4.74 Å². The largest absolute Gasteiger partial charge is 0.481 e. The highest BCUT2D eigenvalue weighted by atomic mass is 35.5. The summed E-state index contributed by atoms with van der Waals surface area (Å²) in [5.74, 6) is 2.92. The van der Waals surface area contributed by atoms with Gasteiger partial charge in [-0.2, -0.15) is 0 Å². The van der Waals surface area contributed by atoms with Crippen LogP contribution in [-0.2, 0) is 0 Å². The summed E-state index contributed by atoms with van der Waals surface area (Å²) in [6.45, 7) is 2.14. The summed E-state index contributed by atoms with van der Waals surface area (Å²) in [6.07, 6.45) is 1.76. The molecule has 1 heterocycles. The van der Waals surface area contributed by atoms with Gasteiger partial charge in [-0.15, -0.1) is 23.4 Å². The Bertz CT molecular complexity index is 283. The standard InChI is InChI=1S/C10H14ClNOS/c1-8(6-11)7-14-9-3-4-12-10(5-9)13-2/h3-5,8H,6-7H2,1-2H3. The second kappa shape index (κ2) is 6.14. The second-order valence-electron chi connectivity index (χ2n) is 3.10. The summed E-state index contributed by atoms with van der Waals surface area (Å²) in [4.78, 5) is 5.22. The first-order valence-electron chi connectivity index (χ1n) is 4.45. The van der Waals surface area contributed by atoms with Crippen LogP contribution in [0.1, 0.15) is 6.92 Å². The van der Waals surface area contributed by atoms with E-state index in [9.17, 15) is 0 Å². The van der Waals surface area contributed by atoms with E-state index in [-0.39, 0.29) is 0 Å². The second-order valence-corrected chi connectivity index (χ2v) is 4.51. The molecule has 2 nitrogen and oxygen atoms in total. The molecule has 0 aromatic carbocycles. The quantitative estimate of drug-likeness (QED) is 0.575. The Morgan fingerprint density at radius 3 is 3.07 bits per heavy atom. The van der Waals surface area contributed by atoms with Gasteiger partial charge in [0.25, 0.3) is 0 Å². The SMILES string of the molecule is COc1cc(SCC(C)CCl)ccn1.